The van der Waals surface area contributed by atoms with Crippen LogP contribution in [-0.2, 0) is 28.4 Å². The molecule has 4 aliphatic rings. The van der Waals surface area contributed by atoms with E-state index in [0.29, 0.717) is 33.6 Å². The highest BCUT2D eigenvalue weighted by Crippen LogP contribution is 2.60. The van der Waals surface area contributed by atoms with Gasteiger partial charge in [0.05, 0.1) is 48.5 Å². The summed E-state index contributed by atoms with van der Waals surface area (Å²) in [4.78, 5) is 19.6. The zero-order chi connectivity index (χ0) is 30.2. The first-order valence-corrected chi connectivity index (χ1v) is 15.5. The Morgan fingerprint density at radius 3 is 2.68 bits per heavy atom. The fourth-order valence-corrected chi connectivity index (χ4v) is 7.65. The number of halogens is 2. The first kappa shape index (κ1) is 27.9. The first-order chi connectivity index (χ1) is 21.2. The number of fused-ring (bicyclic) bond motifs is 2. The van der Waals surface area contributed by atoms with Crippen molar-refractivity contribution in [3.8, 4) is 11.5 Å². The number of benzene rings is 3. The molecule has 8 nitrogen and oxygen atoms in total. The molecule has 4 heterocycles. The summed E-state index contributed by atoms with van der Waals surface area (Å²) in [6.07, 6.45) is 3.31. The Labute approximate surface area is 259 Å². The van der Waals surface area contributed by atoms with Crippen molar-refractivity contribution < 1.29 is 28.1 Å². The van der Waals surface area contributed by atoms with Crippen molar-refractivity contribution in [2.75, 3.05) is 26.8 Å². The van der Waals surface area contributed by atoms with Crippen LogP contribution in [0.5, 0.6) is 11.5 Å². The lowest BCUT2D eigenvalue weighted by Gasteiger charge is -2.59. The molecule has 3 aromatic carbocycles. The molecule has 3 aliphatic heterocycles. The Balaban J connectivity index is 0.957. The van der Waals surface area contributed by atoms with Gasteiger partial charge in [0.1, 0.15) is 11.6 Å². The second-order valence-corrected chi connectivity index (χ2v) is 13.3. The summed E-state index contributed by atoms with van der Waals surface area (Å²) in [7, 11) is 1.40. The van der Waals surface area contributed by atoms with Crippen LogP contribution in [0.15, 0.2) is 54.6 Å². The van der Waals surface area contributed by atoms with Crippen molar-refractivity contribution in [1.82, 2.24) is 14.5 Å². The van der Waals surface area contributed by atoms with Crippen LogP contribution in [-0.4, -0.2) is 53.3 Å². The molecule has 44 heavy (non-hydrogen) atoms. The maximum Gasteiger partial charge on any atom is 0.337 e. The minimum atomic E-state index is -1.25. The van der Waals surface area contributed by atoms with Gasteiger partial charge < -0.3 is 23.5 Å². The summed E-state index contributed by atoms with van der Waals surface area (Å²) in [6, 6.07) is 16.1. The molecule has 228 valence electrons. The van der Waals surface area contributed by atoms with Gasteiger partial charge in [-0.05, 0) is 73.1 Å². The van der Waals surface area contributed by atoms with Crippen LogP contribution in [0.25, 0.3) is 11.0 Å². The van der Waals surface area contributed by atoms with Gasteiger partial charge in [0.25, 0.3) is 5.79 Å². The molecule has 1 aromatic heterocycles. The zero-order valence-corrected chi connectivity index (χ0v) is 25.4. The molecule has 2 atom stereocenters. The number of para-hydroxylation sites is 1. The normalized spacial score (nSPS) is 23.8. The molecule has 0 N–H and O–H groups in total. The van der Waals surface area contributed by atoms with E-state index in [1.807, 2.05) is 24.3 Å². The summed E-state index contributed by atoms with van der Waals surface area (Å²) in [5, 5.41) is 0.331. The van der Waals surface area contributed by atoms with E-state index in [4.69, 9.17) is 35.5 Å². The van der Waals surface area contributed by atoms with Gasteiger partial charge in [0.15, 0.2) is 11.5 Å². The van der Waals surface area contributed by atoms with E-state index >= 15 is 0 Å². The monoisotopic (exact) mass is 617 g/mol. The number of carbonyl (C=O) groups is 1. The van der Waals surface area contributed by atoms with Crippen LogP contribution < -0.4 is 9.47 Å². The van der Waals surface area contributed by atoms with E-state index in [1.54, 1.807) is 25.1 Å². The van der Waals surface area contributed by atoms with Gasteiger partial charge in [-0.1, -0.05) is 23.7 Å². The topological polar surface area (TPSA) is 75.0 Å². The van der Waals surface area contributed by atoms with Gasteiger partial charge in [-0.3, -0.25) is 4.90 Å². The largest absolute Gasteiger partial charge is 0.465 e. The highest BCUT2D eigenvalue weighted by atomic mass is 35.5. The Hall–Kier alpha value is -3.66. The molecule has 2 saturated heterocycles. The van der Waals surface area contributed by atoms with Gasteiger partial charge in [0, 0.05) is 37.2 Å². The molecule has 1 unspecified atom stereocenters. The van der Waals surface area contributed by atoms with Crippen LogP contribution in [0.4, 0.5) is 4.39 Å². The lowest BCUT2D eigenvalue weighted by molar-refractivity contribution is -0.0839. The van der Waals surface area contributed by atoms with Gasteiger partial charge in [-0.2, -0.15) is 0 Å². The average molecular weight is 618 g/mol. The van der Waals surface area contributed by atoms with E-state index in [-0.39, 0.29) is 17.5 Å². The van der Waals surface area contributed by atoms with Crippen LogP contribution in [0.3, 0.4) is 0 Å². The molecule has 3 fully saturated rings. The number of nitrogens with zero attached hydrogens (tertiary/aromatic N) is 3. The molecule has 1 saturated carbocycles. The highest BCUT2D eigenvalue weighted by molar-refractivity contribution is 6.30. The second-order valence-electron chi connectivity index (χ2n) is 12.8. The number of rotatable bonds is 7. The van der Waals surface area contributed by atoms with Gasteiger partial charge in [0.2, 0.25) is 0 Å². The Morgan fingerprint density at radius 2 is 1.95 bits per heavy atom. The number of carbonyl (C=O) groups excluding carboxylic acids is 1. The summed E-state index contributed by atoms with van der Waals surface area (Å²) >= 11 is 5.98. The van der Waals surface area contributed by atoms with Gasteiger partial charge in [-0.25, -0.2) is 14.2 Å². The van der Waals surface area contributed by atoms with E-state index in [1.165, 1.54) is 13.2 Å². The van der Waals surface area contributed by atoms with Crippen molar-refractivity contribution in [2.45, 2.75) is 57.1 Å². The van der Waals surface area contributed by atoms with Crippen LogP contribution in [0.1, 0.15) is 59.4 Å². The Morgan fingerprint density at radius 1 is 1.14 bits per heavy atom. The Bertz CT molecular complexity index is 1790. The van der Waals surface area contributed by atoms with Crippen LogP contribution >= 0.6 is 11.6 Å². The molecule has 10 heteroatoms. The second kappa shape index (κ2) is 10.2. The number of methoxy groups -OCH3 is 1. The van der Waals surface area contributed by atoms with E-state index in [2.05, 4.69) is 15.5 Å². The molecule has 8 rings (SSSR count). The van der Waals surface area contributed by atoms with Crippen molar-refractivity contribution in [2.24, 2.45) is 5.41 Å². The molecule has 0 radical (unpaired) electrons. The summed E-state index contributed by atoms with van der Waals surface area (Å²) in [6.45, 7) is 5.99. The molecular formula is C34H33ClFN3O5. The number of esters is 1. The SMILES string of the molecule is COC(=O)c1ccc2nc(CN3CC4(CC(c5cccc6c5OC(C)(c5ccc(Cl)cc5F)O6)C4)C3)n(C[C@@H]3CCO3)c2c1. The fraction of sp³-hybridized carbons (Fsp3) is 0.412. The fourth-order valence-electron chi connectivity index (χ4n) is 7.49. The number of aromatic nitrogens is 2. The van der Waals surface area contributed by atoms with Crippen molar-refractivity contribution in [3.05, 3.63) is 88.0 Å². The average Bonchev–Trinajstić information content (AvgIpc) is 3.47. The molecule has 1 aliphatic carbocycles. The van der Waals surface area contributed by atoms with Gasteiger partial charge in [-0.15, -0.1) is 0 Å². The molecular weight excluding hydrogens is 585 g/mol. The highest BCUT2D eigenvalue weighted by Gasteiger charge is 2.54. The van der Waals surface area contributed by atoms with Crippen molar-refractivity contribution >= 4 is 28.6 Å². The van der Waals surface area contributed by atoms with Crippen molar-refractivity contribution in [1.29, 1.82) is 0 Å². The third-order valence-corrected chi connectivity index (χ3v) is 9.98. The summed E-state index contributed by atoms with van der Waals surface area (Å²) < 4.78 is 40.3. The number of hydrogen-bond acceptors (Lipinski definition) is 7. The number of likely N-dealkylation sites (tertiary alicyclic amines) is 1. The minimum Gasteiger partial charge on any atom is -0.465 e. The predicted octanol–water partition coefficient (Wildman–Crippen LogP) is 6.43. The van der Waals surface area contributed by atoms with E-state index in [9.17, 15) is 9.18 Å². The maximum absolute atomic E-state index is 14.8. The van der Waals surface area contributed by atoms with Crippen LogP contribution in [0.2, 0.25) is 5.02 Å². The van der Waals surface area contributed by atoms with Crippen molar-refractivity contribution in [3.63, 3.8) is 0 Å². The van der Waals surface area contributed by atoms with E-state index in [0.717, 1.165) is 74.5 Å². The summed E-state index contributed by atoms with van der Waals surface area (Å²) in [5.74, 6) is 0.625. The third-order valence-electron chi connectivity index (χ3n) is 9.74. The minimum absolute atomic E-state index is 0.167. The van der Waals surface area contributed by atoms with Gasteiger partial charge >= 0.3 is 5.97 Å². The smallest absolute Gasteiger partial charge is 0.337 e. The standard InChI is InChI=1S/C34H33ClFN3O5/c1-33(25-8-7-22(35)13-26(25)36)43-29-5-3-4-24(31(29)44-33)21-14-34(15-21)18-38(19-34)17-30-37-27-9-6-20(32(40)41-2)12-28(27)39(30)16-23-10-11-42-23/h3-9,12-13,21,23H,10-11,14-19H2,1-2H3/t23-,33?/m0/s1. The quantitative estimate of drug-likeness (QED) is 0.221. The third kappa shape index (κ3) is 4.55. The number of ether oxygens (including phenoxy) is 4. The molecule has 0 bridgehead atoms. The Kier molecular flexibility index (Phi) is 6.45. The maximum atomic E-state index is 14.8. The zero-order valence-electron chi connectivity index (χ0n) is 24.6. The first-order valence-electron chi connectivity index (χ1n) is 15.1. The predicted molar refractivity (Wildman–Crippen MR) is 162 cm³/mol. The molecule has 4 aromatic rings. The van der Waals surface area contributed by atoms with E-state index < -0.39 is 11.6 Å². The summed E-state index contributed by atoms with van der Waals surface area (Å²) in [5.41, 5.74) is 4.03. The number of imidazole rings is 1. The van der Waals surface area contributed by atoms with Crippen LogP contribution in [0, 0.1) is 11.2 Å². The molecule has 0 amide bonds. The lowest BCUT2D eigenvalue weighted by Crippen LogP contribution is -2.61. The molecule has 1 spiro atoms. The number of hydrogen-bond donors (Lipinski definition) is 0. The lowest BCUT2D eigenvalue weighted by atomic mass is 9.56.